The van der Waals surface area contributed by atoms with Crippen LogP contribution in [0.2, 0.25) is 0 Å². The summed E-state index contributed by atoms with van der Waals surface area (Å²) in [5.41, 5.74) is 5.87. The number of hydrogen-bond acceptors (Lipinski definition) is 1. The van der Waals surface area contributed by atoms with E-state index < -0.39 is 0 Å². The summed E-state index contributed by atoms with van der Waals surface area (Å²) in [5.74, 6) is 1.60. The summed E-state index contributed by atoms with van der Waals surface area (Å²) in [7, 11) is 0. The van der Waals surface area contributed by atoms with E-state index in [0.717, 1.165) is 11.8 Å². The highest BCUT2D eigenvalue weighted by Crippen LogP contribution is 2.27. The molecule has 0 unspecified atom stereocenters. The van der Waals surface area contributed by atoms with Gasteiger partial charge in [0.05, 0.1) is 0 Å². The van der Waals surface area contributed by atoms with Gasteiger partial charge >= 0.3 is 0 Å². The highest BCUT2D eigenvalue weighted by atomic mass is 14.7. The maximum Gasteiger partial charge on any atom is 0.00670 e. The van der Waals surface area contributed by atoms with E-state index in [2.05, 4.69) is 13.8 Å². The summed E-state index contributed by atoms with van der Waals surface area (Å²) in [6.07, 6.45) is 3.97. The van der Waals surface area contributed by atoms with Crippen molar-refractivity contribution in [2.24, 2.45) is 17.6 Å². The second-order valence-electron chi connectivity index (χ2n) is 3.43. The number of nitrogens with two attached hydrogens (primary N) is 1. The number of rotatable bonds is 0. The number of hydrogen-bond donors (Lipinski definition) is 1. The third-order valence-electron chi connectivity index (χ3n) is 2.77. The first-order valence-corrected chi connectivity index (χ1v) is 3.97. The van der Waals surface area contributed by atoms with E-state index in [-0.39, 0.29) is 0 Å². The molecule has 0 amide bonds. The Labute approximate surface area is 57.6 Å². The van der Waals surface area contributed by atoms with Gasteiger partial charge in [-0.3, -0.25) is 0 Å². The summed E-state index contributed by atoms with van der Waals surface area (Å²) in [5, 5.41) is 0. The summed E-state index contributed by atoms with van der Waals surface area (Å²) in [6.45, 7) is 4.58. The monoisotopic (exact) mass is 127 g/mol. The molecule has 0 heterocycles. The van der Waals surface area contributed by atoms with Crippen molar-refractivity contribution in [1.29, 1.82) is 0 Å². The summed E-state index contributed by atoms with van der Waals surface area (Å²) < 4.78 is 0. The van der Waals surface area contributed by atoms with Gasteiger partial charge in [-0.15, -0.1) is 0 Å². The Morgan fingerprint density at radius 2 is 1.89 bits per heavy atom. The Kier molecular flexibility index (Phi) is 2.12. The molecular weight excluding hydrogens is 110 g/mol. The normalized spacial score (nSPS) is 45.0. The van der Waals surface area contributed by atoms with Crippen molar-refractivity contribution in [1.82, 2.24) is 0 Å². The first-order valence-electron chi connectivity index (χ1n) is 3.97. The molecule has 0 spiro atoms. The largest absolute Gasteiger partial charge is 0.327 e. The van der Waals surface area contributed by atoms with Gasteiger partial charge in [-0.05, 0) is 18.3 Å². The van der Waals surface area contributed by atoms with Gasteiger partial charge in [-0.25, -0.2) is 0 Å². The molecule has 0 aliphatic heterocycles. The van der Waals surface area contributed by atoms with Gasteiger partial charge in [-0.2, -0.15) is 0 Å². The molecule has 9 heavy (non-hydrogen) atoms. The van der Waals surface area contributed by atoms with Crippen LogP contribution >= 0.6 is 0 Å². The molecule has 1 aliphatic rings. The van der Waals surface area contributed by atoms with Crippen LogP contribution in [-0.4, -0.2) is 6.04 Å². The van der Waals surface area contributed by atoms with Crippen LogP contribution in [0.15, 0.2) is 0 Å². The minimum atomic E-state index is 0.480. The highest BCUT2D eigenvalue weighted by Gasteiger charge is 2.23. The lowest BCUT2D eigenvalue weighted by Gasteiger charge is -2.31. The Morgan fingerprint density at radius 3 is 2.33 bits per heavy atom. The zero-order chi connectivity index (χ0) is 6.85. The Hall–Kier alpha value is -0.0400. The maximum absolute atomic E-state index is 5.87. The van der Waals surface area contributed by atoms with Crippen LogP contribution in [0.1, 0.15) is 33.1 Å². The molecule has 1 rings (SSSR count). The van der Waals surface area contributed by atoms with Gasteiger partial charge < -0.3 is 5.73 Å². The minimum Gasteiger partial charge on any atom is -0.327 e. The van der Waals surface area contributed by atoms with E-state index in [9.17, 15) is 0 Å². The van der Waals surface area contributed by atoms with Crippen LogP contribution < -0.4 is 5.73 Å². The van der Waals surface area contributed by atoms with Crippen LogP contribution in [0.4, 0.5) is 0 Å². The van der Waals surface area contributed by atoms with Gasteiger partial charge in [-0.1, -0.05) is 26.7 Å². The fraction of sp³-hybridized carbons (Fsp3) is 1.00. The average Bonchev–Trinajstić information content (AvgIpc) is 1.83. The third-order valence-corrected chi connectivity index (χ3v) is 2.77. The zero-order valence-electron chi connectivity index (χ0n) is 6.43. The van der Waals surface area contributed by atoms with Crippen molar-refractivity contribution in [3.8, 4) is 0 Å². The molecule has 0 saturated heterocycles. The van der Waals surface area contributed by atoms with Crippen LogP contribution in [0.3, 0.4) is 0 Å². The Morgan fingerprint density at radius 1 is 1.22 bits per heavy atom. The van der Waals surface area contributed by atoms with Crippen LogP contribution in [0, 0.1) is 11.8 Å². The van der Waals surface area contributed by atoms with E-state index in [0.29, 0.717) is 6.04 Å². The lowest BCUT2D eigenvalue weighted by atomic mass is 9.78. The topological polar surface area (TPSA) is 26.0 Å². The van der Waals surface area contributed by atoms with Crippen LogP contribution in [0.5, 0.6) is 0 Å². The quantitative estimate of drug-likeness (QED) is 0.527. The second kappa shape index (κ2) is 2.70. The molecular formula is C8H17N. The second-order valence-corrected chi connectivity index (χ2v) is 3.43. The highest BCUT2D eigenvalue weighted by molar-refractivity contribution is 4.78. The van der Waals surface area contributed by atoms with E-state index in [4.69, 9.17) is 5.73 Å². The van der Waals surface area contributed by atoms with Crippen molar-refractivity contribution in [3.05, 3.63) is 0 Å². The van der Waals surface area contributed by atoms with Gasteiger partial charge in [0, 0.05) is 6.04 Å². The molecule has 1 fully saturated rings. The third kappa shape index (κ3) is 1.45. The van der Waals surface area contributed by atoms with Crippen molar-refractivity contribution in [2.45, 2.75) is 39.2 Å². The Balaban J connectivity index is 2.41. The van der Waals surface area contributed by atoms with Crippen molar-refractivity contribution >= 4 is 0 Å². The molecule has 2 N–H and O–H groups in total. The standard InChI is InChI=1S/C8H17N/c1-6-4-3-5-8(9)7(6)2/h6-8H,3-5,9H2,1-2H3/t6-,7+,8-/m0/s1. The summed E-state index contributed by atoms with van der Waals surface area (Å²) >= 11 is 0. The molecule has 0 bridgehead atoms. The first-order chi connectivity index (χ1) is 4.22. The SMILES string of the molecule is C[C@@H]1[C@@H](C)CCC[C@@H]1N. The predicted octanol–water partition coefficient (Wildman–Crippen LogP) is 1.77. The smallest absolute Gasteiger partial charge is 0.00670 e. The van der Waals surface area contributed by atoms with Crippen LogP contribution in [0.25, 0.3) is 0 Å². The zero-order valence-corrected chi connectivity index (χ0v) is 6.43. The van der Waals surface area contributed by atoms with Gasteiger partial charge in [0.15, 0.2) is 0 Å². The minimum absolute atomic E-state index is 0.480. The molecule has 1 saturated carbocycles. The predicted molar refractivity (Wildman–Crippen MR) is 40.2 cm³/mol. The molecule has 3 atom stereocenters. The molecule has 1 heteroatoms. The summed E-state index contributed by atoms with van der Waals surface area (Å²) in [6, 6.07) is 0.480. The molecule has 54 valence electrons. The molecule has 1 aliphatic carbocycles. The van der Waals surface area contributed by atoms with Crippen molar-refractivity contribution in [3.63, 3.8) is 0 Å². The van der Waals surface area contributed by atoms with E-state index >= 15 is 0 Å². The fourth-order valence-corrected chi connectivity index (χ4v) is 1.62. The molecule has 0 aromatic carbocycles. The van der Waals surface area contributed by atoms with Gasteiger partial charge in [0.25, 0.3) is 0 Å². The van der Waals surface area contributed by atoms with Gasteiger partial charge in [0.1, 0.15) is 0 Å². The lowest BCUT2D eigenvalue weighted by Crippen LogP contribution is -2.35. The van der Waals surface area contributed by atoms with E-state index in [1.165, 1.54) is 19.3 Å². The van der Waals surface area contributed by atoms with Crippen molar-refractivity contribution in [2.75, 3.05) is 0 Å². The first kappa shape index (κ1) is 7.07. The fourth-order valence-electron chi connectivity index (χ4n) is 1.62. The summed E-state index contributed by atoms with van der Waals surface area (Å²) in [4.78, 5) is 0. The molecule has 0 aromatic heterocycles. The van der Waals surface area contributed by atoms with Gasteiger partial charge in [0.2, 0.25) is 0 Å². The van der Waals surface area contributed by atoms with Crippen LogP contribution in [-0.2, 0) is 0 Å². The molecule has 1 nitrogen and oxygen atoms in total. The average molecular weight is 127 g/mol. The maximum atomic E-state index is 5.87. The Bertz CT molecular complexity index is 80.6. The van der Waals surface area contributed by atoms with E-state index in [1.807, 2.05) is 0 Å². The van der Waals surface area contributed by atoms with E-state index in [1.54, 1.807) is 0 Å². The lowest BCUT2D eigenvalue weighted by molar-refractivity contribution is 0.240. The molecule has 0 aromatic rings. The molecule has 0 radical (unpaired) electrons. The van der Waals surface area contributed by atoms with Crippen molar-refractivity contribution < 1.29 is 0 Å².